The zero-order chi connectivity index (χ0) is 27.4. The number of fused-ring (bicyclic) bond motifs is 1. The second-order valence-electron chi connectivity index (χ2n) is 10.1. The van der Waals surface area contributed by atoms with E-state index < -0.39 is 0 Å². The summed E-state index contributed by atoms with van der Waals surface area (Å²) in [5.41, 5.74) is 5.44. The summed E-state index contributed by atoms with van der Waals surface area (Å²) in [4.78, 5) is 35.4. The second-order valence-corrected chi connectivity index (χ2v) is 10.1. The Morgan fingerprint density at radius 2 is 1.71 bits per heavy atom. The van der Waals surface area contributed by atoms with E-state index in [1.54, 1.807) is 19.4 Å². The van der Waals surface area contributed by atoms with Crippen LogP contribution in [-0.4, -0.2) is 29.7 Å². The summed E-state index contributed by atoms with van der Waals surface area (Å²) >= 11 is 0. The molecule has 198 valence electrons. The third-order valence-corrected chi connectivity index (χ3v) is 6.66. The number of rotatable bonds is 8. The van der Waals surface area contributed by atoms with Gasteiger partial charge in [-0.1, -0.05) is 46.8 Å². The Morgan fingerprint density at radius 3 is 2.34 bits per heavy atom. The Morgan fingerprint density at radius 1 is 1.00 bits per heavy atom. The van der Waals surface area contributed by atoms with Crippen molar-refractivity contribution < 1.29 is 9.53 Å². The van der Waals surface area contributed by atoms with Gasteiger partial charge in [-0.2, -0.15) is 0 Å². The molecule has 0 aliphatic heterocycles. The number of hydrogen-bond donors (Lipinski definition) is 2. The monoisotopic (exact) mass is 512 g/mol. The van der Waals surface area contributed by atoms with E-state index in [0.29, 0.717) is 24.3 Å². The molecule has 2 aromatic heterocycles. The molecular weight excluding hydrogens is 476 g/mol. The zero-order valence-corrected chi connectivity index (χ0v) is 23.0. The van der Waals surface area contributed by atoms with Gasteiger partial charge in [-0.15, -0.1) is 0 Å². The zero-order valence-electron chi connectivity index (χ0n) is 23.0. The number of pyridine rings is 2. The Balaban J connectivity index is 1.79. The molecular formula is C31H36N4O3. The van der Waals surface area contributed by atoms with Crippen molar-refractivity contribution in [2.24, 2.45) is 0 Å². The van der Waals surface area contributed by atoms with Crippen LogP contribution >= 0.6 is 0 Å². The molecule has 0 aliphatic carbocycles. The van der Waals surface area contributed by atoms with Crippen LogP contribution in [0, 0.1) is 0 Å². The molecule has 0 unspecified atom stereocenters. The summed E-state index contributed by atoms with van der Waals surface area (Å²) in [6.45, 7) is 10.9. The molecule has 0 aliphatic rings. The van der Waals surface area contributed by atoms with Gasteiger partial charge in [0.25, 0.3) is 5.56 Å². The van der Waals surface area contributed by atoms with Gasteiger partial charge in [0.15, 0.2) is 0 Å². The Bertz CT molecular complexity index is 1480. The first-order valence-electron chi connectivity index (χ1n) is 13.1. The number of nitrogens with zero attached hydrogens (tertiary/aromatic N) is 2. The summed E-state index contributed by atoms with van der Waals surface area (Å²) in [7, 11) is 1.66. The summed E-state index contributed by atoms with van der Waals surface area (Å²) in [6.07, 6.45) is 2.32. The van der Waals surface area contributed by atoms with Crippen LogP contribution < -0.4 is 20.5 Å². The van der Waals surface area contributed by atoms with Crippen molar-refractivity contribution in [2.75, 3.05) is 23.9 Å². The van der Waals surface area contributed by atoms with Crippen molar-refractivity contribution in [3.63, 3.8) is 0 Å². The maximum absolute atomic E-state index is 13.8. The third-order valence-electron chi connectivity index (χ3n) is 6.66. The maximum Gasteiger partial charge on any atom is 0.326 e. The lowest BCUT2D eigenvalue weighted by atomic mass is 9.88. The molecule has 0 atom stereocenters. The summed E-state index contributed by atoms with van der Waals surface area (Å²) in [5.74, 6) is 1.11. The molecule has 0 spiro atoms. The molecule has 2 aromatic carbocycles. The number of ether oxygens (including phenoxy) is 1. The largest absolute Gasteiger partial charge is 0.497 e. The number of aromatic nitrogens is 2. The number of H-pyrrole nitrogens is 1. The van der Waals surface area contributed by atoms with Gasteiger partial charge in [-0.05, 0) is 83.0 Å². The number of carbonyl (C=O) groups is 1. The first-order valence-corrected chi connectivity index (χ1v) is 13.1. The van der Waals surface area contributed by atoms with Crippen molar-refractivity contribution in [2.45, 2.75) is 52.9 Å². The number of nitrogens with one attached hydrogen (secondary N) is 2. The lowest BCUT2D eigenvalue weighted by Crippen LogP contribution is -2.39. The minimum absolute atomic E-state index is 0.156. The van der Waals surface area contributed by atoms with Gasteiger partial charge in [0.2, 0.25) is 0 Å². The smallest absolute Gasteiger partial charge is 0.326 e. The molecule has 0 saturated heterocycles. The highest BCUT2D eigenvalue weighted by atomic mass is 16.5. The van der Waals surface area contributed by atoms with Gasteiger partial charge in [0.05, 0.1) is 7.11 Å². The first kappa shape index (κ1) is 26.9. The number of anilines is 2. The lowest BCUT2D eigenvalue weighted by molar-refractivity contribution is 0.257. The fourth-order valence-electron chi connectivity index (χ4n) is 4.67. The third kappa shape index (κ3) is 5.57. The fourth-order valence-corrected chi connectivity index (χ4v) is 4.67. The molecule has 4 aromatic rings. The molecule has 7 nitrogen and oxygen atoms in total. The van der Waals surface area contributed by atoms with Crippen LogP contribution in [0.5, 0.6) is 5.75 Å². The number of aromatic amines is 1. The van der Waals surface area contributed by atoms with E-state index in [0.717, 1.165) is 39.1 Å². The highest BCUT2D eigenvalue weighted by Gasteiger charge is 2.23. The van der Waals surface area contributed by atoms with E-state index in [9.17, 15) is 9.59 Å². The SMILES string of the molecule is CCCN(C(=O)Nc1c(C(C)C)cc(-c2cccc(OC)c2)cc1C(C)C)c1cc2cccnc2[nH]c1=O. The van der Waals surface area contributed by atoms with Crippen LogP contribution in [0.4, 0.5) is 16.2 Å². The van der Waals surface area contributed by atoms with E-state index in [4.69, 9.17) is 4.74 Å². The highest BCUT2D eigenvalue weighted by molar-refractivity contribution is 6.03. The Hall–Kier alpha value is -4.13. The summed E-state index contributed by atoms with van der Waals surface area (Å²) in [5, 5.41) is 3.96. The van der Waals surface area contributed by atoms with Crippen molar-refractivity contribution in [3.8, 4) is 16.9 Å². The fraction of sp³-hybridized carbons (Fsp3) is 0.323. The summed E-state index contributed by atoms with van der Waals surface area (Å²) in [6, 6.07) is 17.3. The molecule has 2 amide bonds. The summed E-state index contributed by atoms with van der Waals surface area (Å²) < 4.78 is 5.44. The molecule has 0 fully saturated rings. The average Bonchev–Trinajstić information content (AvgIpc) is 2.91. The van der Waals surface area contributed by atoms with Crippen molar-refractivity contribution >= 4 is 28.4 Å². The van der Waals surface area contributed by atoms with Gasteiger partial charge in [0, 0.05) is 23.8 Å². The number of benzene rings is 2. The number of urea groups is 1. The molecule has 0 saturated carbocycles. The van der Waals surface area contributed by atoms with Gasteiger partial charge in [0.1, 0.15) is 17.1 Å². The van der Waals surface area contributed by atoms with Gasteiger partial charge < -0.3 is 15.0 Å². The predicted octanol–water partition coefficient (Wildman–Crippen LogP) is 7.29. The molecule has 0 radical (unpaired) electrons. The maximum atomic E-state index is 13.8. The minimum Gasteiger partial charge on any atom is -0.497 e. The highest BCUT2D eigenvalue weighted by Crippen LogP contribution is 2.38. The van der Waals surface area contributed by atoms with E-state index in [1.165, 1.54) is 4.90 Å². The topological polar surface area (TPSA) is 87.3 Å². The minimum atomic E-state index is -0.346. The molecule has 0 bridgehead atoms. The average molecular weight is 513 g/mol. The van der Waals surface area contributed by atoms with Crippen LogP contribution in [0.2, 0.25) is 0 Å². The standard InChI is InChI=1S/C31H36N4O3/c1-7-14-35(27-18-22-11-9-13-32-29(22)34-30(27)36)31(37)33-28-25(19(2)3)16-23(17-26(28)20(4)5)21-10-8-12-24(15-21)38-6/h8-13,15-20H,7,14H2,1-6H3,(H,33,37)(H,32,34,36). The van der Waals surface area contributed by atoms with Crippen LogP contribution in [0.25, 0.3) is 22.2 Å². The van der Waals surface area contributed by atoms with Gasteiger partial charge in [-0.25, -0.2) is 9.78 Å². The Labute approximate surface area is 223 Å². The Kier molecular flexibility index (Phi) is 8.15. The van der Waals surface area contributed by atoms with Gasteiger partial charge >= 0.3 is 6.03 Å². The van der Waals surface area contributed by atoms with E-state index >= 15 is 0 Å². The van der Waals surface area contributed by atoms with Crippen LogP contribution in [0.3, 0.4) is 0 Å². The van der Waals surface area contributed by atoms with Crippen LogP contribution in [-0.2, 0) is 0 Å². The molecule has 4 rings (SSSR count). The van der Waals surface area contributed by atoms with Crippen molar-refractivity contribution in [3.05, 3.63) is 82.3 Å². The second kappa shape index (κ2) is 11.5. The predicted molar refractivity (Wildman–Crippen MR) is 156 cm³/mol. The van der Waals surface area contributed by atoms with Crippen LogP contribution in [0.15, 0.2) is 65.6 Å². The lowest BCUT2D eigenvalue weighted by Gasteiger charge is -2.26. The number of methoxy groups -OCH3 is 1. The van der Waals surface area contributed by atoms with Crippen molar-refractivity contribution in [1.29, 1.82) is 0 Å². The van der Waals surface area contributed by atoms with Crippen molar-refractivity contribution in [1.82, 2.24) is 9.97 Å². The molecule has 7 heteroatoms. The number of carbonyl (C=O) groups excluding carboxylic acids is 1. The first-order chi connectivity index (χ1) is 18.2. The number of amides is 2. The quantitative estimate of drug-likeness (QED) is 0.259. The normalized spacial score (nSPS) is 11.3. The van der Waals surface area contributed by atoms with Gasteiger partial charge in [-0.3, -0.25) is 9.69 Å². The molecule has 2 heterocycles. The number of hydrogen-bond acceptors (Lipinski definition) is 4. The molecule has 2 N–H and O–H groups in total. The molecule has 38 heavy (non-hydrogen) atoms. The van der Waals surface area contributed by atoms with E-state index in [2.05, 4.69) is 61.2 Å². The van der Waals surface area contributed by atoms with E-state index in [1.807, 2.05) is 37.3 Å². The van der Waals surface area contributed by atoms with E-state index in [-0.39, 0.29) is 23.4 Å². The van der Waals surface area contributed by atoms with Crippen LogP contribution in [0.1, 0.15) is 64.0 Å².